The molecule has 24 heavy (non-hydrogen) atoms. The molecule has 2 heterocycles. The number of rotatable bonds is 7. The smallest absolute Gasteiger partial charge is 0.411 e. The molecule has 0 bridgehead atoms. The van der Waals surface area contributed by atoms with Crippen molar-refractivity contribution in [1.82, 2.24) is 9.88 Å². The van der Waals surface area contributed by atoms with Gasteiger partial charge in [-0.15, -0.1) is 0 Å². The minimum Gasteiger partial charge on any atom is -0.454 e. The van der Waals surface area contributed by atoms with Gasteiger partial charge < -0.3 is 19.0 Å². The van der Waals surface area contributed by atoms with Crippen molar-refractivity contribution < 1.29 is 27.1 Å². The van der Waals surface area contributed by atoms with Crippen molar-refractivity contribution in [1.29, 1.82) is 0 Å². The van der Waals surface area contributed by atoms with Crippen molar-refractivity contribution in [2.24, 2.45) is 0 Å². The number of carbonyl (C=O) groups is 1. The number of carbonyl (C=O) groups excluding carboxylic acids is 1. The van der Waals surface area contributed by atoms with Crippen LogP contribution in [0.25, 0.3) is 0 Å². The van der Waals surface area contributed by atoms with Gasteiger partial charge in [0.15, 0.2) is 5.76 Å². The molecular weight excluding hydrogens is 329 g/mol. The van der Waals surface area contributed by atoms with E-state index >= 15 is 0 Å². The number of furan rings is 1. The summed E-state index contributed by atoms with van der Waals surface area (Å²) in [5.74, 6) is -0.163. The van der Waals surface area contributed by atoms with Gasteiger partial charge in [-0.05, 0) is 18.2 Å². The maximum atomic E-state index is 11.9. The van der Waals surface area contributed by atoms with E-state index in [1.807, 2.05) is 0 Å². The topological polar surface area (TPSA) is 73.5 Å². The second-order valence-electron chi connectivity index (χ2n) is 4.86. The Hall–Kier alpha value is -2.55. The minimum atomic E-state index is -4.39. The summed E-state index contributed by atoms with van der Waals surface area (Å²) in [4.78, 5) is 23.4. The maximum Gasteiger partial charge on any atom is 0.411 e. The molecule has 2 aromatic heterocycles. The molecule has 0 aliphatic carbocycles. The van der Waals surface area contributed by atoms with Crippen LogP contribution in [0.4, 0.5) is 13.2 Å². The van der Waals surface area contributed by atoms with Crippen LogP contribution in [0.15, 0.2) is 45.7 Å². The van der Waals surface area contributed by atoms with Gasteiger partial charge in [-0.3, -0.25) is 9.59 Å². The van der Waals surface area contributed by atoms with Crippen molar-refractivity contribution in [3.63, 3.8) is 0 Å². The monoisotopic (exact) mass is 344 g/mol. The van der Waals surface area contributed by atoms with Crippen molar-refractivity contribution in [3.8, 4) is 0 Å². The fraction of sp³-hybridized carbons (Fsp3) is 0.333. The summed E-state index contributed by atoms with van der Waals surface area (Å²) in [7, 11) is 0. The molecule has 6 nitrogen and oxygen atoms in total. The molecule has 0 aliphatic rings. The highest BCUT2D eigenvalue weighted by atomic mass is 19.4. The summed E-state index contributed by atoms with van der Waals surface area (Å²) in [6, 6.07) is 7.68. The van der Waals surface area contributed by atoms with Crippen LogP contribution in [-0.4, -0.2) is 36.4 Å². The number of nitrogens with one attached hydrogen (secondary N) is 1. The summed E-state index contributed by atoms with van der Waals surface area (Å²) >= 11 is 0. The molecule has 0 saturated carbocycles. The first-order valence-corrected chi connectivity index (χ1v) is 7.02. The van der Waals surface area contributed by atoms with Crippen LogP contribution in [0.1, 0.15) is 16.3 Å². The average Bonchev–Trinajstić information content (AvgIpc) is 2.96. The zero-order chi connectivity index (χ0) is 17.6. The second kappa shape index (κ2) is 7.82. The number of ether oxygens (including phenoxy) is 1. The first kappa shape index (κ1) is 17.8. The Bertz CT molecular complexity index is 737. The van der Waals surface area contributed by atoms with Gasteiger partial charge in [-0.25, -0.2) is 0 Å². The van der Waals surface area contributed by atoms with Gasteiger partial charge in [0, 0.05) is 18.8 Å². The average molecular weight is 344 g/mol. The molecule has 1 N–H and O–H groups in total. The number of amides is 1. The van der Waals surface area contributed by atoms with Crippen molar-refractivity contribution in [2.75, 3.05) is 19.8 Å². The highest BCUT2D eigenvalue weighted by Crippen LogP contribution is 2.14. The lowest BCUT2D eigenvalue weighted by Gasteiger charge is -2.07. The van der Waals surface area contributed by atoms with Gasteiger partial charge in [0.05, 0.1) is 13.2 Å². The van der Waals surface area contributed by atoms with Gasteiger partial charge in [0.25, 0.3) is 11.5 Å². The summed E-state index contributed by atoms with van der Waals surface area (Å²) in [6.45, 7) is -1.54. The van der Waals surface area contributed by atoms with E-state index in [1.54, 1.807) is 24.4 Å². The fourth-order valence-corrected chi connectivity index (χ4v) is 1.86. The number of hydrogen-bond donors (Lipinski definition) is 1. The van der Waals surface area contributed by atoms with E-state index in [0.717, 1.165) is 0 Å². The van der Waals surface area contributed by atoms with E-state index in [-0.39, 0.29) is 31.0 Å². The van der Waals surface area contributed by atoms with E-state index in [2.05, 4.69) is 10.1 Å². The Kier molecular flexibility index (Phi) is 5.80. The number of aromatic nitrogens is 1. The predicted molar refractivity (Wildman–Crippen MR) is 77.7 cm³/mol. The largest absolute Gasteiger partial charge is 0.454 e. The summed E-state index contributed by atoms with van der Waals surface area (Å²) < 4.78 is 46.7. The third-order valence-corrected chi connectivity index (χ3v) is 2.91. The zero-order valence-electron chi connectivity index (χ0n) is 12.5. The number of halogens is 3. The Morgan fingerprint density at radius 3 is 2.75 bits per heavy atom. The molecule has 0 aliphatic heterocycles. The summed E-state index contributed by atoms with van der Waals surface area (Å²) in [6.07, 6.45) is -2.81. The van der Waals surface area contributed by atoms with E-state index in [0.29, 0.717) is 5.76 Å². The molecule has 9 heteroatoms. The molecule has 0 saturated heterocycles. The van der Waals surface area contributed by atoms with Gasteiger partial charge >= 0.3 is 6.18 Å². The molecule has 130 valence electrons. The lowest BCUT2D eigenvalue weighted by Crippen LogP contribution is -2.28. The summed E-state index contributed by atoms with van der Waals surface area (Å²) in [5.41, 5.74) is -0.207. The SMILES string of the molecule is O=C(NCCOCC(F)(F)F)c1ccc(Cn2ccccc2=O)o1. The third-order valence-electron chi connectivity index (χ3n) is 2.91. The summed E-state index contributed by atoms with van der Waals surface area (Å²) in [5, 5.41) is 2.38. The van der Waals surface area contributed by atoms with Crippen LogP contribution in [0.3, 0.4) is 0 Å². The number of alkyl halides is 3. The number of pyridine rings is 1. The number of hydrogen-bond acceptors (Lipinski definition) is 4. The van der Waals surface area contributed by atoms with Gasteiger partial charge in [0.2, 0.25) is 0 Å². The fourth-order valence-electron chi connectivity index (χ4n) is 1.86. The van der Waals surface area contributed by atoms with E-state index in [1.165, 1.54) is 16.7 Å². The van der Waals surface area contributed by atoms with Crippen molar-refractivity contribution in [3.05, 3.63) is 58.4 Å². The zero-order valence-corrected chi connectivity index (χ0v) is 12.5. The third kappa shape index (κ3) is 5.58. The molecular formula is C15H15F3N2O4. The van der Waals surface area contributed by atoms with Crippen molar-refractivity contribution >= 4 is 5.91 Å². The molecule has 1 amide bonds. The second-order valence-corrected chi connectivity index (χ2v) is 4.86. The molecule has 0 spiro atoms. The Labute approximate surface area is 134 Å². The molecule has 2 rings (SSSR count). The maximum absolute atomic E-state index is 11.9. The van der Waals surface area contributed by atoms with E-state index in [4.69, 9.17) is 4.42 Å². The lowest BCUT2D eigenvalue weighted by molar-refractivity contribution is -0.173. The van der Waals surface area contributed by atoms with Crippen LogP contribution < -0.4 is 10.9 Å². The molecule has 0 fully saturated rings. The van der Waals surface area contributed by atoms with Crippen LogP contribution >= 0.6 is 0 Å². The van der Waals surface area contributed by atoms with Crippen LogP contribution in [0.5, 0.6) is 0 Å². The quantitative estimate of drug-likeness (QED) is 0.778. The molecule has 0 aromatic carbocycles. The van der Waals surface area contributed by atoms with E-state index < -0.39 is 18.7 Å². The lowest BCUT2D eigenvalue weighted by atomic mass is 10.4. The van der Waals surface area contributed by atoms with Crippen LogP contribution in [-0.2, 0) is 11.3 Å². The van der Waals surface area contributed by atoms with E-state index in [9.17, 15) is 22.8 Å². The predicted octanol–water partition coefficient (Wildman–Crippen LogP) is 1.80. The Morgan fingerprint density at radius 1 is 1.25 bits per heavy atom. The highest BCUT2D eigenvalue weighted by Gasteiger charge is 2.27. The van der Waals surface area contributed by atoms with Gasteiger partial charge in [-0.2, -0.15) is 13.2 Å². The first-order valence-electron chi connectivity index (χ1n) is 7.02. The molecule has 2 aromatic rings. The first-order chi connectivity index (χ1) is 11.3. The highest BCUT2D eigenvalue weighted by molar-refractivity contribution is 5.91. The minimum absolute atomic E-state index is 0.00445. The molecule has 0 unspecified atom stereocenters. The molecule has 0 atom stereocenters. The van der Waals surface area contributed by atoms with Crippen LogP contribution in [0.2, 0.25) is 0 Å². The Morgan fingerprint density at radius 2 is 2.04 bits per heavy atom. The number of nitrogens with zero attached hydrogens (tertiary/aromatic N) is 1. The van der Waals surface area contributed by atoms with Gasteiger partial charge in [0.1, 0.15) is 12.4 Å². The molecule has 0 radical (unpaired) electrons. The normalized spacial score (nSPS) is 11.5. The van der Waals surface area contributed by atoms with Crippen LogP contribution in [0, 0.1) is 0 Å². The van der Waals surface area contributed by atoms with Crippen molar-refractivity contribution in [2.45, 2.75) is 12.7 Å². The van der Waals surface area contributed by atoms with Gasteiger partial charge in [-0.1, -0.05) is 6.07 Å². The standard InChI is InChI=1S/C15H15F3N2O4/c16-15(17,18)10-23-8-6-19-14(22)12-5-4-11(24-12)9-20-7-2-1-3-13(20)21/h1-5,7H,6,8-10H2,(H,19,22). The Balaban J connectivity index is 1.81.